The van der Waals surface area contributed by atoms with Gasteiger partial charge in [-0.1, -0.05) is 18.6 Å². The largest absolute Gasteiger partial charge is 0.504 e. The third kappa shape index (κ3) is 1.40. The monoisotopic (exact) mass is 218 g/mol. The molecule has 0 radical (unpaired) electrons. The topological polar surface area (TPSA) is 29.5 Å². The Hall–Kier alpha value is -1.18. The lowest BCUT2D eigenvalue weighted by Crippen LogP contribution is -2.08. The third-order valence-electron chi connectivity index (χ3n) is 4.39. The number of para-hydroxylation sites is 1. The zero-order valence-corrected chi connectivity index (χ0v) is 9.65. The lowest BCUT2D eigenvalue weighted by Gasteiger charge is -2.23. The molecular weight excluding hydrogens is 200 g/mol. The molecule has 1 aromatic carbocycles. The number of ether oxygens (including phenoxy) is 1. The molecule has 2 saturated carbocycles. The summed E-state index contributed by atoms with van der Waals surface area (Å²) in [5.41, 5.74) is 1.10. The van der Waals surface area contributed by atoms with E-state index in [2.05, 4.69) is 6.07 Å². The summed E-state index contributed by atoms with van der Waals surface area (Å²) >= 11 is 0. The van der Waals surface area contributed by atoms with Gasteiger partial charge in [-0.25, -0.2) is 0 Å². The quantitative estimate of drug-likeness (QED) is 0.825. The fourth-order valence-corrected chi connectivity index (χ4v) is 3.63. The van der Waals surface area contributed by atoms with Crippen LogP contribution in [0, 0.1) is 11.8 Å². The van der Waals surface area contributed by atoms with Gasteiger partial charge in [0.15, 0.2) is 11.5 Å². The van der Waals surface area contributed by atoms with Crippen molar-refractivity contribution in [1.29, 1.82) is 0 Å². The van der Waals surface area contributed by atoms with Gasteiger partial charge >= 0.3 is 0 Å². The Labute approximate surface area is 96.2 Å². The van der Waals surface area contributed by atoms with Gasteiger partial charge in [0, 0.05) is 5.56 Å². The summed E-state index contributed by atoms with van der Waals surface area (Å²) in [6, 6.07) is 5.87. The van der Waals surface area contributed by atoms with Crippen molar-refractivity contribution in [2.45, 2.75) is 31.6 Å². The molecule has 0 saturated heterocycles. The molecule has 2 nitrogen and oxygen atoms in total. The van der Waals surface area contributed by atoms with Crippen LogP contribution in [0.15, 0.2) is 18.2 Å². The standard InChI is InChI=1S/C14H18O2/c1-16-13-4-2-3-11(14(13)15)12-8-9-5-6-10(12)7-9/h2-4,9-10,12,15H,5-8H2,1H3. The number of aromatic hydroxyl groups is 1. The second-order valence-electron chi connectivity index (χ2n) is 5.18. The number of methoxy groups -OCH3 is 1. The minimum atomic E-state index is 0.363. The number of phenols is 1. The Bertz CT molecular complexity index is 400. The summed E-state index contributed by atoms with van der Waals surface area (Å²) in [6.07, 6.45) is 5.35. The van der Waals surface area contributed by atoms with Crippen LogP contribution >= 0.6 is 0 Å². The number of hydrogen-bond acceptors (Lipinski definition) is 2. The van der Waals surface area contributed by atoms with Gasteiger partial charge in [0.2, 0.25) is 0 Å². The van der Waals surface area contributed by atoms with Crippen molar-refractivity contribution in [1.82, 2.24) is 0 Å². The highest BCUT2D eigenvalue weighted by Gasteiger charge is 2.41. The van der Waals surface area contributed by atoms with Crippen LogP contribution < -0.4 is 4.74 Å². The highest BCUT2D eigenvalue weighted by atomic mass is 16.5. The Balaban J connectivity index is 1.95. The van der Waals surface area contributed by atoms with E-state index < -0.39 is 0 Å². The molecule has 1 N–H and O–H groups in total. The van der Waals surface area contributed by atoms with Gasteiger partial charge in [0.05, 0.1) is 7.11 Å². The predicted octanol–water partition coefficient (Wildman–Crippen LogP) is 3.30. The van der Waals surface area contributed by atoms with E-state index in [0.717, 1.165) is 17.4 Å². The zero-order valence-electron chi connectivity index (χ0n) is 9.65. The fourth-order valence-electron chi connectivity index (χ4n) is 3.63. The highest BCUT2D eigenvalue weighted by molar-refractivity contribution is 5.47. The molecule has 2 fully saturated rings. The zero-order chi connectivity index (χ0) is 11.1. The average molecular weight is 218 g/mol. The second kappa shape index (κ2) is 3.69. The molecular formula is C14H18O2. The smallest absolute Gasteiger partial charge is 0.161 e. The van der Waals surface area contributed by atoms with Crippen LogP contribution in [0.1, 0.15) is 37.2 Å². The maximum Gasteiger partial charge on any atom is 0.161 e. The van der Waals surface area contributed by atoms with Crippen molar-refractivity contribution < 1.29 is 9.84 Å². The molecule has 0 spiro atoms. The van der Waals surface area contributed by atoms with Crippen LogP contribution in [-0.4, -0.2) is 12.2 Å². The molecule has 86 valence electrons. The van der Waals surface area contributed by atoms with Crippen LogP contribution in [0.4, 0.5) is 0 Å². The highest BCUT2D eigenvalue weighted by Crippen LogP contribution is 2.55. The predicted molar refractivity (Wildman–Crippen MR) is 62.8 cm³/mol. The minimum Gasteiger partial charge on any atom is -0.504 e. The molecule has 3 atom stereocenters. The molecule has 2 bridgehead atoms. The van der Waals surface area contributed by atoms with E-state index in [9.17, 15) is 5.11 Å². The van der Waals surface area contributed by atoms with Gasteiger partial charge in [0.25, 0.3) is 0 Å². The molecule has 0 heterocycles. The molecule has 0 amide bonds. The summed E-state index contributed by atoms with van der Waals surface area (Å²) in [7, 11) is 1.61. The molecule has 0 aromatic heterocycles. The Kier molecular flexibility index (Phi) is 2.31. The van der Waals surface area contributed by atoms with Gasteiger partial charge in [0.1, 0.15) is 0 Å². The molecule has 2 aliphatic carbocycles. The van der Waals surface area contributed by atoms with E-state index in [1.165, 1.54) is 25.7 Å². The van der Waals surface area contributed by atoms with Crippen molar-refractivity contribution in [2.24, 2.45) is 11.8 Å². The Morgan fingerprint density at radius 2 is 2.12 bits per heavy atom. The summed E-state index contributed by atoms with van der Waals surface area (Å²) in [4.78, 5) is 0. The summed E-state index contributed by atoms with van der Waals surface area (Å²) in [5.74, 6) is 3.24. The van der Waals surface area contributed by atoms with Gasteiger partial charge in [-0.05, 0) is 43.1 Å². The molecule has 2 heteroatoms. The van der Waals surface area contributed by atoms with Crippen LogP contribution in [-0.2, 0) is 0 Å². The Morgan fingerprint density at radius 1 is 1.25 bits per heavy atom. The van der Waals surface area contributed by atoms with E-state index in [4.69, 9.17) is 4.74 Å². The maximum absolute atomic E-state index is 10.2. The molecule has 3 rings (SSSR count). The van der Waals surface area contributed by atoms with Crippen molar-refractivity contribution in [2.75, 3.05) is 7.11 Å². The molecule has 0 aliphatic heterocycles. The van der Waals surface area contributed by atoms with E-state index in [1.807, 2.05) is 12.1 Å². The first-order valence-corrected chi connectivity index (χ1v) is 6.15. The SMILES string of the molecule is COc1cccc(C2CC3CCC2C3)c1O. The third-order valence-corrected chi connectivity index (χ3v) is 4.39. The Morgan fingerprint density at radius 3 is 2.75 bits per heavy atom. The van der Waals surface area contributed by atoms with Crippen LogP contribution in [0.25, 0.3) is 0 Å². The second-order valence-corrected chi connectivity index (χ2v) is 5.18. The first-order valence-electron chi connectivity index (χ1n) is 6.15. The summed E-state index contributed by atoms with van der Waals surface area (Å²) < 4.78 is 5.18. The maximum atomic E-state index is 10.2. The first-order chi connectivity index (χ1) is 7.79. The van der Waals surface area contributed by atoms with Crippen molar-refractivity contribution in [3.63, 3.8) is 0 Å². The van der Waals surface area contributed by atoms with Crippen LogP contribution in [0.3, 0.4) is 0 Å². The van der Waals surface area contributed by atoms with E-state index >= 15 is 0 Å². The fraction of sp³-hybridized carbons (Fsp3) is 0.571. The van der Waals surface area contributed by atoms with Gasteiger partial charge < -0.3 is 9.84 Å². The van der Waals surface area contributed by atoms with Gasteiger partial charge in [-0.3, -0.25) is 0 Å². The van der Waals surface area contributed by atoms with E-state index in [0.29, 0.717) is 17.4 Å². The van der Waals surface area contributed by atoms with Gasteiger partial charge in [-0.15, -0.1) is 0 Å². The normalized spacial score (nSPS) is 31.9. The van der Waals surface area contributed by atoms with E-state index in [-0.39, 0.29) is 0 Å². The molecule has 1 aromatic rings. The van der Waals surface area contributed by atoms with Gasteiger partial charge in [-0.2, -0.15) is 0 Å². The lowest BCUT2D eigenvalue weighted by atomic mass is 9.83. The number of phenolic OH excluding ortho intramolecular Hbond substituents is 1. The molecule has 2 aliphatic rings. The first kappa shape index (κ1) is 10.0. The lowest BCUT2D eigenvalue weighted by molar-refractivity contribution is 0.357. The number of benzene rings is 1. The summed E-state index contributed by atoms with van der Waals surface area (Å²) in [5, 5.41) is 10.2. The number of hydrogen-bond donors (Lipinski definition) is 1. The van der Waals surface area contributed by atoms with E-state index in [1.54, 1.807) is 7.11 Å². The number of fused-ring (bicyclic) bond motifs is 2. The van der Waals surface area contributed by atoms with Crippen molar-refractivity contribution in [3.8, 4) is 11.5 Å². The molecule has 16 heavy (non-hydrogen) atoms. The summed E-state index contributed by atoms with van der Waals surface area (Å²) in [6.45, 7) is 0. The average Bonchev–Trinajstić information content (AvgIpc) is 2.91. The van der Waals surface area contributed by atoms with Crippen molar-refractivity contribution >= 4 is 0 Å². The van der Waals surface area contributed by atoms with Crippen LogP contribution in [0.5, 0.6) is 11.5 Å². The van der Waals surface area contributed by atoms with Crippen LogP contribution in [0.2, 0.25) is 0 Å². The minimum absolute atomic E-state index is 0.363. The number of rotatable bonds is 2. The van der Waals surface area contributed by atoms with Crippen molar-refractivity contribution in [3.05, 3.63) is 23.8 Å². The molecule has 3 unspecified atom stereocenters.